The minimum absolute atomic E-state index is 0.0399. The van der Waals surface area contributed by atoms with Gasteiger partial charge in [-0.3, -0.25) is 4.79 Å². The zero-order chi connectivity index (χ0) is 15.5. The van der Waals surface area contributed by atoms with E-state index in [2.05, 4.69) is 5.32 Å². The topological polar surface area (TPSA) is 66.4 Å². The number of benzene rings is 1. The zero-order valence-electron chi connectivity index (χ0n) is 11.2. The number of hydrogen-bond donors (Lipinski definition) is 2. The van der Waals surface area contributed by atoms with Crippen LogP contribution in [0.3, 0.4) is 0 Å². The number of thioether (sulfide) groups is 1. The summed E-state index contributed by atoms with van der Waals surface area (Å²) in [5, 5.41) is 13.0. The van der Waals surface area contributed by atoms with Crippen molar-refractivity contribution in [2.24, 2.45) is 0 Å². The van der Waals surface area contributed by atoms with E-state index in [0.29, 0.717) is 28.5 Å². The maximum Gasteiger partial charge on any atom is 0.329 e. The van der Waals surface area contributed by atoms with Gasteiger partial charge in [-0.15, -0.1) is 0 Å². The van der Waals surface area contributed by atoms with Crippen molar-refractivity contribution in [2.75, 3.05) is 11.5 Å². The Balaban J connectivity index is 2.07. The van der Waals surface area contributed by atoms with Crippen LogP contribution in [0.1, 0.15) is 18.4 Å². The van der Waals surface area contributed by atoms with Crippen molar-refractivity contribution in [3.8, 4) is 0 Å². The van der Waals surface area contributed by atoms with Crippen molar-refractivity contribution >= 4 is 46.8 Å². The summed E-state index contributed by atoms with van der Waals surface area (Å²) in [7, 11) is 0. The number of halogens is 2. The highest BCUT2D eigenvalue weighted by molar-refractivity contribution is 7.99. The summed E-state index contributed by atoms with van der Waals surface area (Å²) >= 11 is 13.5. The molecule has 1 saturated heterocycles. The van der Waals surface area contributed by atoms with Crippen molar-refractivity contribution in [1.82, 2.24) is 5.32 Å². The molecule has 21 heavy (non-hydrogen) atoms. The molecule has 0 spiro atoms. The molecule has 0 unspecified atom stereocenters. The van der Waals surface area contributed by atoms with Gasteiger partial charge < -0.3 is 10.4 Å². The third kappa shape index (κ3) is 4.05. The Morgan fingerprint density at radius 3 is 2.52 bits per heavy atom. The SMILES string of the molecule is O=C(Cc1ccc(Cl)cc1Cl)NC1(C(=O)O)CCSCC1. The Hall–Kier alpha value is -0.910. The molecule has 0 aliphatic carbocycles. The van der Waals surface area contributed by atoms with E-state index in [1.807, 2.05) is 0 Å². The van der Waals surface area contributed by atoms with E-state index in [0.717, 1.165) is 11.5 Å². The average molecular weight is 348 g/mol. The molecule has 114 valence electrons. The first-order valence-corrected chi connectivity index (χ1v) is 8.40. The number of carbonyl (C=O) groups excluding carboxylic acids is 1. The molecule has 0 radical (unpaired) electrons. The van der Waals surface area contributed by atoms with Crippen molar-refractivity contribution in [3.63, 3.8) is 0 Å². The summed E-state index contributed by atoms with van der Waals surface area (Å²) < 4.78 is 0. The molecule has 0 atom stereocenters. The second-order valence-electron chi connectivity index (χ2n) is 4.96. The molecule has 1 heterocycles. The molecule has 0 saturated carbocycles. The van der Waals surface area contributed by atoms with Crippen LogP contribution in [-0.4, -0.2) is 34.0 Å². The van der Waals surface area contributed by atoms with Gasteiger partial charge in [0.2, 0.25) is 5.91 Å². The fourth-order valence-corrected chi connectivity index (χ4v) is 3.93. The third-order valence-corrected chi connectivity index (χ3v) is 5.07. The van der Waals surface area contributed by atoms with Gasteiger partial charge in [0.25, 0.3) is 0 Å². The molecule has 0 aromatic heterocycles. The van der Waals surface area contributed by atoms with Gasteiger partial charge in [0.1, 0.15) is 5.54 Å². The first-order chi connectivity index (χ1) is 9.93. The van der Waals surface area contributed by atoms with E-state index in [1.54, 1.807) is 30.0 Å². The molecule has 2 N–H and O–H groups in total. The van der Waals surface area contributed by atoms with Crippen molar-refractivity contribution < 1.29 is 14.7 Å². The molecule has 1 amide bonds. The summed E-state index contributed by atoms with van der Waals surface area (Å²) in [4.78, 5) is 23.7. The number of hydrogen-bond acceptors (Lipinski definition) is 3. The predicted molar refractivity (Wildman–Crippen MR) is 85.2 cm³/mol. The predicted octanol–water partition coefficient (Wildman–Crippen LogP) is 3.00. The van der Waals surface area contributed by atoms with Crippen molar-refractivity contribution in [3.05, 3.63) is 33.8 Å². The minimum atomic E-state index is -1.15. The summed E-state index contributed by atoms with van der Waals surface area (Å²) in [6.07, 6.45) is 0.915. The summed E-state index contributed by atoms with van der Waals surface area (Å²) in [5.74, 6) is 0.148. The minimum Gasteiger partial charge on any atom is -0.480 e. The van der Waals surface area contributed by atoms with Crippen LogP contribution in [-0.2, 0) is 16.0 Å². The van der Waals surface area contributed by atoms with Crippen LogP contribution in [0, 0.1) is 0 Å². The molecule has 7 heteroatoms. The number of carboxylic acid groups (broad SMARTS) is 1. The van der Waals surface area contributed by atoms with E-state index in [-0.39, 0.29) is 12.3 Å². The van der Waals surface area contributed by atoms with Gasteiger partial charge in [-0.2, -0.15) is 11.8 Å². The lowest BCUT2D eigenvalue weighted by atomic mass is 9.92. The number of aliphatic carboxylic acids is 1. The summed E-state index contributed by atoms with van der Waals surface area (Å²) in [6.45, 7) is 0. The summed E-state index contributed by atoms with van der Waals surface area (Å²) in [6, 6.07) is 4.89. The van der Waals surface area contributed by atoms with Crippen LogP contribution < -0.4 is 5.32 Å². The quantitative estimate of drug-likeness (QED) is 0.878. The fourth-order valence-electron chi connectivity index (χ4n) is 2.26. The lowest BCUT2D eigenvalue weighted by Crippen LogP contribution is -2.56. The molecule has 1 aliphatic rings. The lowest BCUT2D eigenvalue weighted by molar-refractivity contribution is -0.148. The Morgan fingerprint density at radius 1 is 1.29 bits per heavy atom. The van der Waals surface area contributed by atoms with E-state index >= 15 is 0 Å². The molecule has 1 fully saturated rings. The van der Waals surface area contributed by atoms with Gasteiger partial charge in [-0.25, -0.2) is 4.79 Å². The molecule has 1 aromatic carbocycles. The van der Waals surface area contributed by atoms with Gasteiger partial charge >= 0.3 is 5.97 Å². The number of nitrogens with one attached hydrogen (secondary N) is 1. The molecular formula is C14H15Cl2NO3S. The molecular weight excluding hydrogens is 333 g/mol. The Bertz CT molecular complexity index is 559. The molecule has 4 nitrogen and oxygen atoms in total. The number of carboxylic acids is 1. The van der Waals surface area contributed by atoms with Crippen molar-refractivity contribution in [2.45, 2.75) is 24.8 Å². The largest absolute Gasteiger partial charge is 0.480 e. The standard InChI is InChI=1S/C14H15Cl2NO3S/c15-10-2-1-9(11(16)8-10)7-12(18)17-14(13(19)20)3-5-21-6-4-14/h1-2,8H,3-7H2,(H,17,18)(H,19,20). The highest BCUT2D eigenvalue weighted by Gasteiger charge is 2.41. The maximum absolute atomic E-state index is 12.2. The van der Waals surface area contributed by atoms with Crippen molar-refractivity contribution in [1.29, 1.82) is 0 Å². The second kappa shape index (κ2) is 6.90. The van der Waals surface area contributed by atoms with E-state index in [9.17, 15) is 14.7 Å². The van der Waals surface area contributed by atoms with Gasteiger partial charge in [0.05, 0.1) is 6.42 Å². The Morgan fingerprint density at radius 2 is 1.95 bits per heavy atom. The normalized spacial score (nSPS) is 17.2. The Kier molecular flexibility index (Phi) is 5.41. The smallest absolute Gasteiger partial charge is 0.329 e. The highest BCUT2D eigenvalue weighted by Crippen LogP contribution is 2.28. The monoisotopic (exact) mass is 347 g/mol. The number of rotatable bonds is 4. The average Bonchev–Trinajstić information content (AvgIpc) is 2.43. The molecule has 2 rings (SSSR count). The van der Waals surface area contributed by atoms with Gasteiger partial charge in [0.15, 0.2) is 0 Å². The van der Waals surface area contributed by atoms with Gasteiger partial charge in [-0.05, 0) is 42.0 Å². The molecule has 0 bridgehead atoms. The third-order valence-electron chi connectivity index (χ3n) is 3.50. The summed E-state index contributed by atoms with van der Waals surface area (Å²) in [5.41, 5.74) is -0.523. The first-order valence-electron chi connectivity index (χ1n) is 6.49. The van der Waals surface area contributed by atoms with Crippen LogP contribution in [0.5, 0.6) is 0 Å². The van der Waals surface area contributed by atoms with Gasteiger partial charge in [-0.1, -0.05) is 29.3 Å². The van der Waals surface area contributed by atoms with E-state index < -0.39 is 11.5 Å². The van der Waals surface area contributed by atoms with Crippen LogP contribution in [0.25, 0.3) is 0 Å². The first kappa shape index (κ1) is 16.5. The highest BCUT2D eigenvalue weighted by atomic mass is 35.5. The van der Waals surface area contributed by atoms with E-state index in [1.165, 1.54) is 0 Å². The van der Waals surface area contributed by atoms with Gasteiger partial charge in [0, 0.05) is 10.0 Å². The number of carbonyl (C=O) groups is 2. The van der Waals surface area contributed by atoms with E-state index in [4.69, 9.17) is 23.2 Å². The number of amides is 1. The molecule has 1 aliphatic heterocycles. The maximum atomic E-state index is 12.2. The molecule has 1 aromatic rings. The van der Waals surface area contributed by atoms with Crippen LogP contribution in [0.4, 0.5) is 0 Å². The van der Waals surface area contributed by atoms with Crippen LogP contribution in [0.15, 0.2) is 18.2 Å². The van der Waals surface area contributed by atoms with Crippen LogP contribution >= 0.6 is 35.0 Å². The lowest BCUT2D eigenvalue weighted by Gasteiger charge is -2.33. The fraction of sp³-hybridized carbons (Fsp3) is 0.429. The second-order valence-corrected chi connectivity index (χ2v) is 7.03. The Labute approximate surface area is 137 Å². The van der Waals surface area contributed by atoms with Crippen LogP contribution in [0.2, 0.25) is 10.0 Å². The zero-order valence-corrected chi connectivity index (χ0v) is 13.5.